The topological polar surface area (TPSA) is 102 Å². The number of benzene rings is 1. The van der Waals surface area contributed by atoms with Crippen LogP contribution in [0.3, 0.4) is 0 Å². The molecule has 0 spiro atoms. The van der Waals surface area contributed by atoms with Crippen LogP contribution in [0, 0.1) is 0 Å². The van der Waals surface area contributed by atoms with Gasteiger partial charge in [0.1, 0.15) is 24.4 Å². The maximum atomic E-state index is 12.8. The van der Waals surface area contributed by atoms with Gasteiger partial charge in [0, 0.05) is 11.1 Å². The highest BCUT2D eigenvalue weighted by molar-refractivity contribution is 6.08. The van der Waals surface area contributed by atoms with Gasteiger partial charge in [0.05, 0.1) is 7.11 Å². The third-order valence-electron chi connectivity index (χ3n) is 4.96. The van der Waals surface area contributed by atoms with Crippen LogP contribution in [0.5, 0.6) is 5.75 Å². The average Bonchev–Trinajstić information content (AvgIpc) is 2.90. The molecule has 0 atom stereocenters. The molecule has 1 aromatic rings. The fourth-order valence-electron chi connectivity index (χ4n) is 3.58. The molecule has 8 nitrogen and oxygen atoms in total. The van der Waals surface area contributed by atoms with E-state index in [1.165, 1.54) is 14.0 Å². The molecule has 3 amide bonds. The Morgan fingerprint density at radius 1 is 1.14 bits per heavy atom. The number of Topliss-reactive ketones (excluding diaryl/α,β-unsaturated/α-hetero) is 1. The number of amides is 3. The predicted octanol–water partition coefficient (Wildman–Crippen LogP) is 2.83. The standard InChI is InChI=1S/C21H28N2O6/c1-5-9-21(10-6-2)19(26)23(20(27)22-21)12-18(25)29-13-16-11-15(14(3)24)7-8-17(16)28-4/h7-8,11H,5-6,9-10,12-13H2,1-4H3,(H,22,27). The normalized spacial score (nSPS) is 15.2. The number of nitrogens with one attached hydrogen (secondary N) is 1. The first-order chi connectivity index (χ1) is 13.8. The quantitative estimate of drug-likeness (QED) is 0.365. The van der Waals surface area contributed by atoms with Crippen LogP contribution in [0.25, 0.3) is 0 Å². The van der Waals surface area contributed by atoms with Crippen LogP contribution in [0.1, 0.15) is 62.4 Å². The lowest BCUT2D eigenvalue weighted by Crippen LogP contribution is -2.47. The first kappa shape index (κ1) is 22.4. The second kappa shape index (κ2) is 9.54. The molecule has 0 unspecified atom stereocenters. The minimum atomic E-state index is -0.945. The van der Waals surface area contributed by atoms with Crippen molar-refractivity contribution >= 4 is 23.7 Å². The van der Waals surface area contributed by atoms with Gasteiger partial charge in [0.15, 0.2) is 5.78 Å². The molecule has 0 radical (unpaired) electrons. The van der Waals surface area contributed by atoms with Gasteiger partial charge >= 0.3 is 12.0 Å². The summed E-state index contributed by atoms with van der Waals surface area (Å²) in [6.45, 7) is 4.72. The van der Waals surface area contributed by atoms with Crippen molar-refractivity contribution in [2.75, 3.05) is 13.7 Å². The zero-order chi connectivity index (χ0) is 21.6. The highest BCUT2D eigenvalue weighted by Gasteiger charge is 2.50. The number of nitrogens with zero attached hydrogens (tertiary/aromatic N) is 1. The van der Waals surface area contributed by atoms with E-state index in [9.17, 15) is 19.2 Å². The molecule has 2 rings (SSSR count). The van der Waals surface area contributed by atoms with E-state index < -0.39 is 24.1 Å². The Morgan fingerprint density at radius 2 is 1.79 bits per heavy atom. The number of rotatable bonds is 10. The molecule has 1 fully saturated rings. The average molecular weight is 404 g/mol. The monoisotopic (exact) mass is 404 g/mol. The fraction of sp³-hybridized carbons (Fsp3) is 0.524. The van der Waals surface area contributed by atoms with Gasteiger partial charge in [-0.1, -0.05) is 26.7 Å². The van der Waals surface area contributed by atoms with Gasteiger partial charge in [-0.15, -0.1) is 0 Å². The van der Waals surface area contributed by atoms with E-state index in [2.05, 4.69) is 5.32 Å². The van der Waals surface area contributed by atoms with Gasteiger partial charge in [-0.3, -0.25) is 19.3 Å². The summed E-state index contributed by atoms with van der Waals surface area (Å²) in [7, 11) is 1.47. The van der Waals surface area contributed by atoms with Crippen LogP contribution in [0.4, 0.5) is 4.79 Å². The highest BCUT2D eigenvalue weighted by atomic mass is 16.5. The van der Waals surface area contributed by atoms with E-state index in [1.54, 1.807) is 18.2 Å². The SMILES string of the molecule is CCCC1(CCC)NC(=O)N(CC(=O)OCc2cc(C(C)=O)ccc2OC)C1=O. The highest BCUT2D eigenvalue weighted by Crippen LogP contribution is 2.28. The lowest BCUT2D eigenvalue weighted by Gasteiger charge is -2.25. The van der Waals surface area contributed by atoms with Gasteiger partial charge in [-0.2, -0.15) is 0 Å². The Balaban J connectivity index is 2.06. The zero-order valence-electron chi connectivity index (χ0n) is 17.4. The van der Waals surface area contributed by atoms with Gasteiger partial charge in [-0.25, -0.2) is 4.79 Å². The first-order valence-corrected chi connectivity index (χ1v) is 9.75. The molecular weight excluding hydrogens is 376 g/mol. The zero-order valence-corrected chi connectivity index (χ0v) is 17.4. The molecule has 0 aliphatic carbocycles. The van der Waals surface area contributed by atoms with E-state index in [4.69, 9.17) is 9.47 Å². The number of ether oxygens (including phenoxy) is 2. The minimum Gasteiger partial charge on any atom is -0.496 e. The molecule has 1 aromatic carbocycles. The number of hydrogen-bond donors (Lipinski definition) is 1. The van der Waals surface area contributed by atoms with Gasteiger partial charge in [0.25, 0.3) is 5.91 Å². The number of carbonyl (C=O) groups excluding carboxylic acids is 4. The summed E-state index contributed by atoms with van der Waals surface area (Å²) in [4.78, 5) is 49.9. The molecule has 1 N–H and O–H groups in total. The van der Waals surface area contributed by atoms with Crippen molar-refractivity contribution in [1.29, 1.82) is 0 Å². The molecule has 158 valence electrons. The number of urea groups is 1. The summed E-state index contributed by atoms with van der Waals surface area (Å²) in [5, 5.41) is 2.76. The second-order valence-corrected chi connectivity index (χ2v) is 7.15. The number of esters is 1. The van der Waals surface area contributed by atoms with E-state index in [1.807, 2.05) is 13.8 Å². The molecule has 1 aliphatic rings. The van der Waals surface area contributed by atoms with E-state index in [0.717, 1.165) is 17.7 Å². The largest absolute Gasteiger partial charge is 0.496 e. The molecule has 8 heteroatoms. The Kier molecular flexibility index (Phi) is 7.36. The van der Waals surface area contributed by atoms with E-state index in [-0.39, 0.29) is 18.3 Å². The first-order valence-electron chi connectivity index (χ1n) is 9.75. The van der Waals surface area contributed by atoms with Crippen molar-refractivity contribution < 1.29 is 28.7 Å². The molecule has 29 heavy (non-hydrogen) atoms. The van der Waals surface area contributed by atoms with E-state index >= 15 is 0 Å². The van der Waals surface area contributed by atoms with Crippen LogP contribution in [-0.4, -0.2) is 47.8 Å². The summed E-state index contributed by atoms with van der Waals surface area (Å²) in [5.41, 5.74) is 0.0480. The fourth-order valence-corrected chi connectivity index (χ4v) is 3.58. The molecular formula is C21H28N2O6. The number of ketones is 1. The summed E-state index contributed by atoms with van der Waals surface area (Å²) in [6, 6.07) is 4.27. The number of imide groups is 1. The van der Waals surface area contributed by atoms with Gasteiger partial charge in [0.2, 0.25) is 0 Å². The summed E-state index contributed by atoms with van der Waals surface area (Å²) in [6.07, 6.45) is 2.51. The Hall–Kier alpha value is -2.90. The summed E-state index contributed by atoms with van der Waals surface area (Å²) < 4.78 is 10.5. The molecule has 0 aromatic heterocycles. The molecule has 1 aliphatic heterocycles. The van der Waals surface area contributed by atoms with E-state index in [0.29, 0.717) is 29.7 Å². The summed E-state index contributed by atoms with van der Waals surface area (Å²) >= 11 is 0. The third-order valence-corrected chi connectivity index (χ3v) is 4.96. The summed E-state index contributed by atoms with van der Waals surface area (Å²) in [5.74, 6) is -0.752. The second-order valence-electron chi connectivity index (χ2n) is 7.15. The van der Waals surface area contributed by atoms with Crippen molar-refractivity contribution in [1.82, 2.24) is 10.2 Å². The van der Waals surface area contributed by atoms with Gasteiger partial charge in [-0.05, 0) is 38.0 Å². The third kappa shape index (κ3) is 4.93. The lowest BCUT2D eigenvalue weighted by molar-refractivity contribution is -0.149. The molecule has 0 bridgehead atoms. The maximum Gasteiger partial charge on any atom is 0.326 e. The smallest absolute Gasteiger partial charge is 0.326 e. The van der Waals surface area contributed by atoms with Crippen molar-refractivity contribution in [2.45, 2.75) is 58.6 Å². The van der Waals surface area contributed by atoms with Gasteiger partial charge < -0.3 is 14.8 Å². The van der Waals surface area contributed by atoms with Crippen molar-refractivity contribution in [3.63, 3.8) is 0 Å². The number of hydrogen-bond acceptors (Lipinski definition) is 6. The van der Waals surface area contributed by atoms with Crippen LogP contribution >= 0.6 is 0 Å². The van der Waals surface area contributed by atoms with Crippen molar-refractivity contribution in [3.05, 3.63) is 29.3 Å². The number of carbonyl (C=O) groups is 4. The van der Waals surface area contributed by atoms with Crippen molar-refractivity contribution in [2.24, 2.45) is 0 Å². The predicted molar refractivity (Wildman–Crippen MR) is 106 cm³/mol. The van der Waals surface area contributed by atoms with Crippen LogP contribution in [-0.2, 0) is 20.9 Å². The Labute approximate surface area is 170 Å². The molecule has 1 saturated heterocycles. The Morgan fingerprint density at radius 3 is 2.34 bits per heavy atom. The lowest BCUT2D eigenvalue weighted by atomic mass is 9.88. The van der Waals surface area contributed by atoms with Crippen LogP contribution in [0.15, 0.2) is 18.2 Å². The number of methoxy groups -OCH3 is 1. The van der Waals surface area contributed by atoms with Crippen LogP contribution in [0.2, 0.25) is 0 Å². The van der Waals surface area contributed by atoms with Crippen LogP contribution < -0.4 is 10.1 Å². The molecule has 0 saturated carbocycles. The molecule has 1 heterocycles. The Bertz CT molecular complexity index is 798. The minimum absolute atomic E-state index is 0.122. The maximum absolute atomic E-state index is 12.8. The van der Waals surface area contributed by atoms with Crippen molar-refractivity contribution in [3.8, 4) is 5.75 Å².